The van der Waals surface area contributed by atoms with Crippen molar-refractivity contribution in [2.24, 2.45) is 0 Å². The number of rotatable bonds is 4. The lowest BCUT2D eigenvalue weighted by Gasteiger charge is -2.28. The molecule has 2 aromatic heterocycles. The Balaban J connectivity index is 1.63. The summed E-state index contributed by atoms with van der Waals surface area (Å²) in [6.45, 7) is 0. The van der Waals surface area contributed by atoms with E-state index < -0.39 is 0 Å². The second-order valence-corrected chi connectivity index (χ2v) is 8.14. The van der Waals surface area contributed by atoms with Crippen LogP contribution >= 0.6 is 23.8 Å². The summed E-state index contributed by atoms with van der Waals surface area (Å²) in [5.41, 5.74) is 3.52. The molecule has 0 saturated carbocycles. The van der Waals surface area contributed by atoms with Crippen molar-refractivity contribution < 1.29 is 5.11 Å². The van der Waals surface area contributed by atoms with Crippen LogP contribution in [0.2, 0.25) is 5.02 Å². The van der Waals surface area contributed by atoms with E-state index in [1.165, 1.54) is 0 Å². The van der Waals surface area contributed by atoms with E-state index in [4.69, 9.17) is 23.8 Å². The average Bonchev–Trinajstić information content (AvgIpc) is 3.41. The van der Waals surface area contributed by atoms with Crippen LogP contribution in [-0.2, 0) is 0 Å². The summed E-state index contributed by atoms with van der Waals surface area (Å²) < 4.78 is 2.07. The van der Waals surface area contributed by atoms with Gasteiger partial charge in [-0.2, -0.15) is 0 Å². The maximum Gasteiger partial charge on any atom is 0.174 e. The molecule has 5 nitrogen and oxygen atoms in total. The minimum Gasteiger partial charge on any atom is -0.506 e. The summed E-state index contributed by atoms with van der Waals surface area (Å²) in [5, 5.41) is 15.0. The van der Waals surface area contributed by atoms with Gasteiger partial charge in [-0.1, -0.05) is 35.9 Å². The van der Waals surface area contributed by atoms with Crippen molar-refractivity contribution in [2.45, 2.75) is 12.1 Å². The fourth-order valence-electron chi connectivity index (χ4n) is 3.99. The van der Waals surface area contributed by atoms with E-state index in [1.807, 2.05) is 47.5 Å². The van der Waals surface area contributed by atoms with Crippen molar-refractivity contribution in [3.63, 3.8) is 0 Å². The monoisotopic (exact) mass is 446 g/mol. The molecule has 1 aliphatic heterocycles. The highest BCUT2D eigenvalue weighted by Gasteiger charge is 2.42. The number of pyridine rings is 1. The van der Waals surface area contributed by atoms with Crippen LogP contribution < -0.4 is 10.2 Å². The van der Waals surface area contributed by atoms with Crippen molar-refractivity contribution in [1.29, 1.82) is 0 Å². The van der Waals surface area contributed by atoms with Crippen molar-refractivity contribution in [3.05, 3.63) is 108 Å². The number of nitrogens with zero attached hydrogens (tertiary/aromatic N) is 3. The molecule has 0 bridgehead atoms. The molecule has 3 heterocycles. The third-order valence-electron chi connectivity index (χ3n) is 5.41. The van der Waals surface area contributed by atoms with Gasteiger partial charge in [0.25, 0.3) is 0 Å². The normalized spacial score (nSPS) is 18.2. The molecular weight excluding hydrogens is 428 g/mol. The van der Waals surface area contributed by atoms with Gasteiger partial charge in [0.05, 0.1) is 23.5 Å². The van der Waals surface area contributed by atoms with Crippen LogP contribution in [-0.4, -0.2) is 19.8 Å². The number of halogens is 1. The van der Waals surface area contributed by atoms with Gasteiger partial charge in [0.2, 0.25) is 0 Å². The van der Waals surface area contributed by atoms with Gasteiger partial charge in [-0.15, -0.1) is 0 Å². The minimum absolute atomic E-state index is 0.114. The molecule has 1 saturated heterocycles. The highest BCUT2D eigenvalue weighted by atomic mass is 35.5. The molecule has 1 fully saturated rings. The minimum atomic E-state index is -0.225. The smallest absolute Gasteiger partial charge is 0.174 e. The van der Waals surface area contributed by atoms with Gasteiger partial charge in [0.15, 0.2) is 5.11 Å². The van der Waals surface area contributed by atoms with Crippen molar-refractivity contribution in [3.8, 4) is 11.4 Å². The first-order valence-corrected chi connectivity index (χ1v) is 10.6. The van der Waals surface area contributed by atoms with E-state index in [9.17, 15) is 5.11 Å². The number of anilines is 1. The van der Waals surface area contributed by atoms with Crippen molar-refractivity contribution >= 4 is 34.6 Å². The maximum atomic E-state index is 10.6. The number of benzene rings is 2. The predicted octanol–water partition coefficient (Wildman–Crippen LogP) is 5.41. The van der Waals surface area contributed by atoms with Crippen LogP contribution in [0.25, 0.3) is 5.69 Å². The Labute approximate surface area is 190 Å². The van der Waals surface area contributed by atoms with Gasteiger partial charge in [0.1, 0.15) is 5.75 Å². The zero-order chi connectivity index (χ0) is 21.4. The lowest BCUT2D eigenvalue weighted by atomic mass is 9.98. The molecule has 1 aliphatic rings. The SMILES string of the molecule is Oc1ccc(Cl)cc1N1C(=S)N[C@@H](c2ccccn2)[C@H]1c1ccn(-c2ccccc2)c1. The summed E-state index contributed by atoms with van der Waals surface area (Å²) >= 11 is 12.0. The highest BCUT2D eigenvalue weighted by molar-refractivity contribution is 7.80. The lowest BCUT2D eigenvalue weighted by Crippen LogP contribution is -2.29. The summed E-state index contributed by atoms with van der Waals surface area (Å²) in [6.07, 6.45) is 5.88. The second-order valence-electron chi connectivity index (χ2n) is 7.32. The molecule has 5 rings (SSSR count). The topological polar surface area (TPSA) is 53.3 Å². The molecule has 0 amide bonds. The van der Waals surface area contributed by atoms with Gasteiger partial charge < -0.3 is 19.9 Å². The number of para-hydroxylation sites is 1. The molecule has 154 valence electrons. The lowest BCUT2D eigenvalue weighted by molar-refractivity contribution is 0.473. The number of aromatic hydroxyl groups is 1. The van der Waals surface area contributed by atoms with Crippen LogP contribution in [0.5, 0.6) is 5.75 Å². The molecular formula is C24H19ClN4OS. The Morgan fingerprint density at radius 2 is 1.81 bits per heavy atom. The number of phenolic OH excluding ortho intramolecular Hbond substituents is 1. The molecule has 4 aromatic rings. The van der Waals surface area contributed by atoms with Crippen molar-refractivity contribution in [1.82, 2.24) is 14.9 Å². The molecule has 0 aliphatic carbocycles. The van der Waals surface area contributed by atoms with E-state index in [2.05, 4.69) is 39.3 Å². The summed E-state index contributed by atoms with van der Waals surface area (Å²) in [4.78, 5) is 6.48. The van der Waals surface area contributed by atoms with Gasteiger partial charge in [0, 0.05) is 29.3 Å². The molecule has 2 atom stereocenters. The number of hydrogen-bond donors (Lipinski definition) is 2. The summed E-state index contributed by atoms with van der Waals surface area (Å²) in [6, 6.07) is 22.6. The molecule has 0 radical (unpaired) electrons. The van der Waals surface area contributed by atoms with E-state index in [0.717, 1.165) is 16.9 Å². The van der Waals surface area contributed by atoms with E-state index in [0.29, 0.717) is 15.8 Å². The molecule has 2 aromatic carbocycles. The Morgan fingerprint density at radius 1 is 1.00 bits per heavy atom. The standard InChI is InChI=1S/C24H19ClN4OS/c25-17-9-10-21(30)20(14-17)29-23(22(27-24(29)31)19-8-4-5-12-26-19)16-11-13-28(15-16)18-6-2-1-3-7-18/h1-15,22-23,30H,(H,27,31)/t22-,23+/m0/s1. The number of phenols is 1. The summed E-state index contributed by atoms with van der Waals surface area (Å²) in [7, 11) is 0. The quantitative estimate of drug-likeness (QED) is 0.410. The van der Waals surface area contributed by atoms with Crippen LogP contribution in [0, 0.1) is 0 Å². The van der Waals surface area contributed by atoms with Gasteiger partial charge in [-0.05, 0) is 66.3 Å². The van der Waals surface area contributed by atoms with Crippen LogP contribution in [0.4, 0.5) is 5.69 Å². The molecule has 0 spiro atoms. The first kappa shape index (κ1) is 19.6. The molecule has 0 unspecified atom stereocenters. The van der Waals surface area contributed by atoms with E-state index in [-0.39, 0.29) is 17.8 Å². The van der Waals surface area contributed by atoms with Crippen LogP contribution in [0.15, 0.2) is 91.4 Å². The fraction of sp³-hybridized carbons (Fsp3) is 0.0833. The molecule has 2 N–H and O–H groups in total. The Hall–Kier alpha value is -3.35. The highest BCUT2D eigenvalue weighted by Crippen LogP contribution is 2.45. The fourth-order valence-corrected chi connectivity index (χ4v) is 4.50. The van der Waals surface area contributed by atoms with Crippen LogP contribution in [0.1, 0.15) is 23.3 Å². The van der Waals surface area contributed by atoms with Gasteiger partial charge in [-0.25, -0.2) is 0 Å². The zero-order valence-corrected chi connectivity index (χ0v) is 18.0. The van der Waals surface area contributed by atoms with Gasteiger partial charge in [-0.3, -0.25) is 4.98 Å². The third-order valence-corrected chi connectivity index (χ3v) is 5.96. The first-order chi connectivity index (χ1) is 15.1. The number of aromatic nitrogens is 2. The molecule has 7 heteroatoms. The number of hydrogen-bond acceptors (Lipinski definition) is 3. The average molecular weight is 447 g/mol. The predicted molar refractivity (Wildman–Crippen MR) is 127 cm³/mol. The van der Waals surface area contributed by atoms with Crippen LogP contribution in [0.3, 0.4) is 0 Å². The number of nitrogens with one attached hydrogen (secondary N) is 1. The van der Waals surface area contributed by atoms with Gasteiger partial charge >= 0.3 is 0 Å². The summed E-state index contributed by atoms with van der Waals surface area (Å²) in [5.74, 6) is 0.114. The number of thiocarbonyl (C=S) groups is 1. The Kier molecular flexibility index (Phi) is 5.10. The second kappa shape index (κ2) is 8.06. The maximum absolute atomic E-state index is 10.6. The largest absolute Gasteiger partial charge is 0.506 e. The third kappa shape index (κ3) is 3.65. The first-order valence-electron chi connectivity index (χ1n) is 9.84. The van der Waals surface area contributed by atoms with E-state index in [1.54, 1.807) is 24.4 Å². The van der Waals surface area contributed by atoms with E-state index >= 15 is 0 Å². The molecule has 31 heavy (non-hydrogen) atoms. The van der Waals surface area contributed by atoms with Crippen molar-refractivity contribution in [2.75, 3.05) is 4.90 Å². The zero-order valence-electron chi connectivity index (χ0n) is 16.4. The Bertz CT molecular complexity index is 1230. The Morgan fingerprint density at radius 3 is 2.58 bits per heavy atom.